The molecule has 0 heterocycles. The first kappa shape index (κ1) is 18.3. The van der Waals surface area contributed by atoms with Crippen LogP contribution in [0.1, 0.15) is 5.56 Å². The number of likely N-dealkylation sites (N-methyl/N-ethyl adjacent to an activating group) is 1. The van der Waals surface area contributed by atoms with E-state index in [1.807, 2.05) is 0 Å². The molecule has 0 saturated carbocycles. The predicted molar refractivity (Wildman–Crippen MR) is 91.0 cm³/mol. The Morgan fingerprint density at radius 2 is 2.04 bits per heavy atom. The van der Waals surface area contributed by atoms with Gasteiger partial charge in [0.15, 0.2) is 11.6 Å². The standard InChI is InChI=1S/C17H18FN3O4/c1-20(10-12-7-8-16(25-2)13(18)9-12)11-17(22)19-14-5-3-4-6-15(14)21(23)24/h3-9H,10-11H2,1-2H3,(H,19,22). The number of rotatable bonds is 7. The molecule has 1 amide bonds. The number of nitrogens with one attached hydrogen (secondary N) is 1. The largest absolute Gasteiger partial charge is 0.494 e. The summed E-state index contributed by atoms with van der Waals surface area (Å²) in [4.78, 5) is 24.2. The number of hydrogen-bond acceptors (Lipinski definition) is 5. The number of nitrogens with zero attached hydrogens (tertiary/aromatic N) is 2. The fourth-order valence-electron chi connectivity index (χ4n) is 2.35. The molecule has 0 aliphatic rings. The molecule has 2 aromatic rings. The van der Waals surface area contributed by atoms with Gasteiger partial charge >= 0.3 is 0 Å². The lowest BCUT2D eigenvalue weighted by Gasteiger charge is -2.16. The number of carbonyl (C=O) groups excluding carboxylic acids is 1. The number of hydrogen-bond donors (Lipinski definition) is 1. The second-order valence-corrected chi connectivity index (χ2v) is 5.46. The minimum Gasteiger partial charge on any atom is -0.494 e. The summed E-state index contributed by atoms with van der Waals surface area (Å²) in [5.74, 6) is -0.718. The second-order valence-electron chi connectivity index (χ2n) is 5.46. The maximum atomic E-state index is 13.7. The van der Waals surface area contributed by atoms with Gasteiger partial charge in [0.25, 0.3) is 5.69 Å². The normalized spacial score (nSPS) is 10.6. The van der Waals surface area contributed by atoms with Gasteiger partial charge in [-0.3, -0.25) is 19.8 Å². The van der Waals surface area contributed by atoms with Gasteiger partial charge in [0.2, 0.25) is 5.91 Å². The maximum absolute atomic E-state index is 13.7. The van der Waals surface area contributed by atoms with Crippen LogP contribution in [0.3, 0.4) is 0 Å². The molecule has 0 unspecified atom stereocenters. The number of amides is 1. The van der Waals surface area contributed by atoms with Crippen LogP contribution < -0.4 is 10.1 Å². The lowest BCUT2D eigenvalue weighted by molar-refractivity contribution is -0.383. The molecular formula is C17H18FN3O4. The summed E-state index contributed by atoms with van der Waals surface area (Å²) in [7, 11) is 3.08. The van der Waals surface area contributed by atoms with E-state index in [9.17, 15) is 19.3 Å². The predicted octanol–water partition coefficient (Wildman–Crippen LogP) is 2.81. The molecular weight excluding hydrogens is 329 g/mol. The number of nitro benzene ring substituents is 1. The van der Waals surface area contributed by atoms with E-state index in [2.05, 4.69) is 5.32 Å². The minimum absolute atomic E-state index is 0.000301. The lowest BCUT2D eigenvalue weighted by atomic mass is 10.2. The Bertz CT molecular complexity index is 782. The molecule has 0 radical (unpaired) electrons. The molecule has 0 saturated heterocycles. The summed E-state index contributed by atoms with van der Waals surface area (Å²) in [5, 5.41) is 13.5. The highest BCUT2D eigenvalue weighted by Crippen LogP contribution is 2.23. The Balaban J connectivity index is 1.96. The van der Waals surface area contributed by atoms with E-state index >= 15 is 0 Å². The second kappa shape index (κ2) is 8.20. The molecule has 0 aliphatic heterocycles. The van der Waals surface area contributed by atoms with Gasteiger partial charge < -0.3 is 10.1 Å². The van der Waals surface area contributed by atoms with Crippen molar-refractivity contribution in [2.75, 3.05) is 26.0 Å². The van der Waals surface area contributed by atoms with Gasteiger partial charge in [-0.2, -0.15) is 0 Å². The fraction of sp³-hybridized carbons (Fsp3) is 0.235. The number of para-hydroxylation sites is 2. The zero-order chi connectivity index (χ0) is 18.4. The monoisotopic (exact) mass is 347 g/mol. The van der Waals surface area contributed by atoms with E-state index < -0.39 is 16.6 Å². The fourth-order valence-corrected chi connectivity index (χ4v) is 2.35. The van der Waals surface area contributed by atoms with Crippen LogP contribution in [0.4, 0.5) is 15.8 Å². The summed E-state index contributed by atoms with van der Waals surface area (Å²) in [5.41, 5.74) is 0.649. The molecule has 0 fully saturated rings. The van der Waals surface area contributed by atoms with Crippen molar-refractivity contribution < 1.29 is 18.8 Å². The van der Waals surface area contributed by atoms with Gasteiger partial charge in [-0.1, -0.05) is 18.2 Å². The summed E-state index contributed by atoms with van der Waals surface area (Å²) < 4.78 is 18.5. The van der Waals surface area contributed by atoms with Gasteiger partial charge in [0, 0.05) is 12.6 Å². The van der Waals surface area contributed by atoms with E-state index in [4.69, 9.17) is 4.74 Å². The van der Waals surface area contributed by atoms with E-state index in [1.165, 1.54) is 37.4 Å². The Labute approximate surface area is 144 Å². The quantitative estimate of drug-likeness (QED) is 0.615. The average molecular weight is 347 g/mol. The van der Waals surface area contributed by atoms with Crippen LogP contribution in [0.5, 0.6) is 5.75 Å². The molecule has 132 valence electrons. The average Bonchev–Trinajstić information content (AvgIpc) is 2.55. The third-order valence-electron chi connectivity index (χ3n) is 3.46. The molecule has 0 aromatic heterocycles. The minimum atomic E-state index is -0.556. The van der Waals surface area contributed by atoms with E-state index in [1.54, 1.807) is 24.1 Å². The topological polar surface area (TPSA) is 84.7 Å². The van der Waals surface area contributed by atoms with Gasteiger partial charge in [-0.05, 0) is 30.8 Å². The zero-order valence-electron chi connectivity index (χ0n) is 13.9. The first-order valence-electron chi connectivity index (χ1n) is 7.45. The summed E-state index contributed by atoms with van der Waals surface area (Å²) in [6.07, 6.45) is 0. The van der Waals surface area contributed by atoms with Gasteiger partial charge in [-0.25, -0.2) is 4.39 Å². The number of benzene rings is 2. The number of methoxy groups -OCH3 is 1. The highest BCUT2D eigenvalue weighted by molar-refractivity contribution is 5.94. The maximum Gasteiger partial charge on any atom is 0.292 e. The summed E-state index contributed by atoms with van der Waals surface area (Å²) in [6.45, 7) is 0.338. The van der Waals surface area contributed by atoms with Crippen LogP contribution >= 0.6 is 0 Å². The lowest BCUT2D eigenvalue weighted by Crippen LogP contribution is -2.30. The molecule has 0 atom stereocenters. The Kier molecular flexibility index (Phi) is 6.02. The highest BCUT2D eigenvalue weighted by atomic mass is 19.1. The van der Waals surface area contributed by atoms with Crippen LogP contribution in [0, 0.1) is 15.9 Å². The van der Waals surface area contributed by atoms with Gasteiger partial charge in [0.1, 0.15) is 5.69 Å². The first-order chi connectivity index (χ1) is 11.9. The SMILES string of the molecule is COc1ccc(CN(C)CC(=O)Nc2ccccc2[N+](=O)[O-])cc1F. The highest BCUT2D eigenvalue weighted by Gasteiger charge is 2.16. The van der Waals surface area contributed by atoms with Crippen LogP contribution in [0.15, 0.2) is 42.5 Å². The van der Waals surface area contributed by atoms with Crippen molar-refractivity contribution in [1.82, 2.24) is 4.90 Å². The van der Waals surface area contributed by atoms with E-state index in [0.29, 0.717) is 12.1 Å². The van der Waals surface area contributed by atoms with E-state index in [0.717, 1.165) is 0 Å². The van der Waals surface area contributed by atoms with Crippen molar-refractivity contribution in [2.45, 2.75) is 6.54 Å². The van der Waals surface area contributed by atoms with Crippen LogP contribution in [0.25, 0.3) is 0 Å². The van der Waals surface area contributed by atoms with Crippen LogP contribution in [-0.4, -0.2) is 36.4 Å². The number of carbonyl (C=O) groups is 1. The van der Waals surface area contributed by atoms with Crippen LogP contribution in [0.2, 0.25) is 0 Å². The van der Waals surface area contributed by atoms with Crippen molar-refractivity contribution >= 4 is 17.3 Å². The molecule has 0 bridgehead atoms. The van der Waals surface area contributed by atoms with Crippen molar-refractivity contribution in [1.29, 1.82) is 0 Å². The molecule has 2 rings (SSSR count). The third kappa shape index (κ3) is 4.98. The van der Waals surface area contributed by atoms with Crippen LogP contribution in [-0.2, 0) is 11.3 Å². The molecule has 1 N–H and O–H groups in total. The first-order valence-corrected chi connectivity index (χ1v) is 7.45. The molecule has 8 heteroatoms. The number of ether oxygens (including phenoxy) is 1. The molecule has 2 aromatic carbocycles. The number of nitro groups is 1. The smallest absolute Gasteiger partial charge is 0.292 e. The zero-order valence-corrected chi connectivity index (χ0v) is 13.9. The molecule has 25 heavy (non-hydrogen) atoms. The van der Waals surface area contributed by atoms with Gasteiger partial charge in [-0.15, -0.1) is 0 Å². The van der Waals surface area contributed by atoms with Gasteiger partial charge in [0.05, 0.1) is 18.6 Å². The summed E-state index contributed by atoms with van der Waals surface area (Å²) in [6, 6.07) is 10.5. The Morgan fingerprint density at radius 1 is 1.32 bits per heavy atom. The van der Waals surface area contributed by atoms with E-state index in [-0.39, 0.29) is 23.7 Å². The third-order valence-corrected chi connectivity index (χ3v) is 3.46. The van der Waals surface area contributed by atoms with Crippen molar-refractivity contribution in [3.05, 3.63) is 64.0 Å². The Hall–Kier alpha value is -3.00. The summed E-state index contributed by atoms with van der Waals surface area (Å²) >= 11 is 0. The van der Waals surface area contributed by atoms with Crippen molar-refractivity contribution in [2.24, 2.45) is 0 Å². The van der Waals surface area contributed by atoms with Crippen molar-refractivity contribution in [3.63, 3.8) is 0 Å². The molecule has 0 spiro atoms. The number of anilines is 1. The van der Waals surface area contributed by atoms with Crippen molar-refractivity contribution in [3.8, 4) is 5.75 Å². The molecule has 0 aliphatic carbocycles. The molecule has 7 nitrogen and oxygen atoms in total. The Morgan fingerprint density at radius 3 is 2.68 bits per heavy atom. The number of halogens is 1.